The van der Waals surface area contributed by atoms with E-state index in [1.165, 1.54) is 23.5 Å². The Morgan fingerprint density at radius 3 is 2.42 bits per heavy atom. The van der Waals surface area contributed by atoms with E-state index in [1.807, 2.05) is 26.0 Å². The Bertz CT molecular complexity index is 863. The van der Waals surface area contributed by atoms with Gasteiger partial charge in [0.2, 0.25) is 0 Å². The number of ether oxygens (including phenoxy) is 1. The van der Waals surface area contributed by atoms with Crippen molar-refractivity contribution in [2.24, 2.45) is 0 Å². The van der Waals surface area contributed by atoms with Crippen LogP contribution in [0.5, 0.6) is 5.75 Å². The summed E-state index contributed by atoms with van der Waals surface area (Å²) in [5, 5.41) is 0.247. The summed E-state index contributed by atoms with van der Waals surface area (Å²) in [5.41, 5.74) is 2.71. The Balaban J connectivity index is 2.54. The molecule has 0 saturated heterocycles. The van der Waals surface area contributed by atoms with Crippen molar-refractivity contribution in [3.63, 3.8) is 0 Å². The molecule has 0 N–H and O–H groups in total. The molecule has 128 valence electrons. The summed E-state index contributed by atoms with van der Waals surface area (Å²) in [7, 11) is -2.29. The average Bonchev–Trinajstić information content (AvgIpc) is 2.55. The second kappa shape index (κ2) is 7.28. The second-order valence-electron chi connectivity index (χ2n) is 5.39. The van der Waals surface area contributed by atoms with Gasteiger partial charge in [0, 0.05) is 0 Å². The molecule has 6 heteroatoms. The fourth-order valence-electron chi connectivity index (χ4n) is 2.28. The second-order valence-corrected chi connectivity index (χ2v) is 7.66. The maximum Gasteiger partial charge on any atom is 0.264 e. The molecule has 2 aromatic carbocycles. The smallest absolute Gasteiger partial charge is 0.264 e. The molecule has 0 radical (unpaired) electrons. The molecule has 24 heavy (non-hydrogen) atoms. The third-order valence-electron chi connectivity index (χ3n) is 3.78. The van der Waals surface area contributed by atoms with Gasteiger partial charge in [-0.2, -0.15) is 0 Å². The maximum atomic E-state index is 13.0. The highest BCUT2D eigenvalue weighted by atomic mass is 35.5. The van der Waals surface area contributed by atoms with Gasteiger partial charge in [0.15, 0.2) is 0 Å². The van der Waals surface area contributed by atoms with Crippen LogP contribution in [0.1, 0.15) is 11.1 Å². The monoisotopic (exact) mass is 365 g/mol. The molecule has 0 bridgehead atoms. The maximum absolute atomic E-state index is 13.0. The number of sulfonamides is 1. The van der Waals surface area contributed by atoms with Gasteiger partial charge in [-0.1, -0.05) is 23.7 Å². The molecule has 0 aromatic heterocycles. The van der Waals surface area contributed by atoms with Crippen molar-refractivity contribution in [2.45, 2.75) is 18.7 Å². The Morgan fingerprint density at radius 2 is 1.88 bits per heavy atom. The first-order valence-electron chi connectivity index (χ1n) is 7.35. The van der Waals surface area contributed by atoms with E-state index in [0.717, 1.165) is 11.1 Å². The van der Waals surface area contributed by atoms with Gasteiger partial charge in [0.05, 0.1) is 29.3 Å². The molecule has 0 aliphatic heterocycles. The number of hydrogen-bond acceptors (Lipinski definition) is 3. The molecule has 0 spiro atoms. The lowest BCUT2D eigenvalue weighted by molar-refractivity contribution is 0.414. The Labute approximate surface area is 148 Å². The Kier molecular flexibility index (Phi) is 5.57. The number of aryl methyl sites for hydroxylation is 2. The van der Waals surface area contributed by atoms with Crippen LogP contribution >= 0.6 is 11.6 Å². The largest absolute Gasteiger partial charge is 0.495 e. The van der Waals surface area contributed by atoms with Gasteiger partial charge >= 0.3 is 0 Å². The lowest BCUT2D eigenvalue weighted by atomic mass is 10.1. The Hall–Kier alpha value is -1.98. The molecule has 2 rings (SSSR count). The van der Waals surface area contributed by atoms with Crippen LogP contribution in [-0.2, 0) is 10.0 Å². The topological polar surface area (TPSA) is 46.6 Å². The standard InChI is InChI=1S/C18H20ClNO3S/c1-5-10-20(15-7-6-13(2)14(3)11-15)24(21,22)16-8-9-18(23-4)17(19)12-16/h5-9,11-12H,1,10H2,2-4H3. The minimum atomic E-state index is -3.77. The van der Waals surface area contributed by atoms with E-state index in [0.29, 0.717) is 11.4 Å². The molecule has 0 aliphatic carbocycles. The van der Waals surface area contributed by atoms with Crippen LogP contribution in [0, 0.1) is 13.8 Å². The predicted octanol–water partition coefficient (Wildman–Crippen LogP) is 4.35. The molecule has 2 aromatic rings. The van der Waals surface area contributed by atoms with Crippen molar-refractivity contribution in [2.75, 3.05) is 18.0 Å². The fraction of sp³-hybridized carbons (Fsp3) is 0.222. The van der Waals surface area contributed by atoms with Gasteiger partial charge in [0.25, 0.3) is 10.0 Å². The molecular formula is C18H20ClNO3S. The van der Waals surface area contributed by atoms with Crippen molar-refractivity contribution in [1.29, 1.82) is 0 Å². The fourth-order valence-corrected chi connectivity index (χ4v) is 4.05. The summed E-state index contributed by atoms with van der Waals surface area (Å²) in [6, 6.07) is 9.96. The van der Waals surface area contributed by atoms with Crippen LogP contribution in [0.4, 0.5) is 5.69 Å². The normalized spacial score (nSPS) is 11.2. The molecule has 0 atom stereocenters. The Morgan fingerprint density at radius 1 is 1.17 bits per heavy atom. The van der Waals surface area contributed by atoms with E-state index in [1.54, 1.807) is 18.2 Å². The number of rotatable bonds is 6. The van der Waals surface area contributed by atoms with Gasteiger partial charge in [-0.25, -0.2) is 8.42 Å². The quantitative estimate of drug-likeness (QED) is 0.715. The van der Waals surface area contributed by atoms with E-state index < -0.39 is 10.0 Å². The van der Waals surface area contributed by atoms with Crippen LogP contribution in [0.3, 0.4) is 0 Å². The molecule has 0 amide bonds. The summed E-state index contributed by atoms with van der Waals surface area (Å²) >= 11 is 6.08. The van der Waals surface area contributed by atoms with Gasteiger partial charge in [0.1, 0.15) is 5.75 Å². The first-order chi connectivity index (χ1) is 11.3. The number of anilines is 1. The lowest BCUT2D eigenvalue weighted by Gasteiger charge is -2.24. The first kappa shape index (κ1) is 18.4. The zero-order valence-electron chi connectivity index (χ0n) is 13.9. The number of hydrogen-bond donors (Lipinski definition) is 0. The summed E-state index contributed by atoms with van der Waals surface area (Å²) < 4.78 is 32.5. The van der Waals surface area contributed by atoms with Crippen molar-refractivity contribution < 1.29 is 13.2 Å². The highest BCUT2D eigenvalue weighted by Gasteiger charge is 2.25. The van der Waals surface area contributed by atoms with Crippen LogP contribution in [-0.4, -0.2) is 22.1 Å². The van der Waals surface area contributed by atoms with E-state index in [-0.39, 0.29) is 16.5 Å². The van der Waals surface area contributed by atoms with Crippen molar-refractivity contribution in [3.05, 3.63) is 65.2 Å². The lowest BCUT2D eigenvalue weighted by Crippen LogP contribution is -2.31. The van der Waals surface area contributed by atoms with E-state index in [9.17, 15) is 8.42 Å². The molecule has 0 saturated carbocycles. The van der Waals surface area contributed by atoms with Crippen molar-refractivity contribution >= 4 is 27.3 Å². The molecule has 0 fully saturated rings. The van der Waals surface area contributed by atoms with E-state index >= 15 is 0 Å². The molecule has 4 nitrogen and oxygen atoms in total. The SMILES string of the molecule is C=CCN(c1ccc(C)c(C)c1)S(=O)(=O)c1ccc(OC)c(Cl)c1. The van der Waals surface area contributed by atoms with Gasteiger partial charge < -0.3 is 4.74 Å². The number of methoxy groups -OCH3 is 1. The van der Waals surface area contributed by atoms with Crippen LogP contribution < -0.4 is 9.04 Å². The van der Waals surface area contributed by atoms with Crippen LogP contribution in [0.25, 0.3) is 0 Å². The average molecular weight is 366 g/mol. The minimum absolute atomic E-state index is 0.105. The highest BCUT2D eigenvalue weighted by Crippen LogP contribution is 2.31. The summed E-state index contributed by atoms with van der Waals surface area (Å²) in [6.07, 6.45) is 1.55. The van der Waals surface area contributed by atoms with Gasteiger partial charge in [-0.15, -0.1) is 6.58 Å². The number of benzene rings is 2. The predicted molar refractivity (Wildman–Crippen MR) is 98.6 cm³/mol. The third-order valence-corrected chi connectivity index (χ3v) is 5.87. The third kappa shape index (κ3) is 3.57. The summed E-state index contributed by atoms with van der Waals surface area (Å²) in [5.74, 6) is 0.428. The molecule has 0 heterocycles. The summed E-state index contributed by atoms with van der Waals surface area (Å²) in [4.78, 5) is 0.105. The minimum Gasteiger partial charge on any atom is -0.495 e. The van der Waals surface area contributed by atoms with Crippen LogP contribution in [0.2, 0.25) is 5.02 Å². The zero-order chi connectivity index (χ0) is 17.9. The van der Waals surface area contributed by atoms with Gasteiger partial charge in [-0.3, -0.25) is 4.31 Å². The molecule has 0 aliphatic rings. The van der Waals surface area contributed by atoms with Crippen molar-refractivity contribution in [3.8, 4) is 5.75 Å². The zero-order valence-corrected chi connectivity index (χ0v) is 15.5. The van der Waals surface area contributed by atoms with Gasteiger partial charge in [-0.05, 0) is 55.3 Å². The van der Waals surface area contributed by atoms with E-state index in [4.69, 9.17) is 16.3 Å². The molecule has 0 unspecified atom stereocenters. The van der Waals surface area contributed by atoms with Crippen LogP contribution in [0.15, 0.2) is 53.9 Å². The number of nitrogens with zero attached hydrogens (tertiary/aromatic N) is 1. The molecular weight excluding hydrogens is 346 g/mol. The van der Waals surface area contributed by atoms with E-state index in [2.05, 4.69) is 6.58 Å². The summed E-state index contributed by atoms with van der Waals surface area (Å²) in [6.45, 7) is 7.75. The first-order valence-corrected chi connectivity index (χ1v) is 9.17. The van der Waals surface area contributed by atoms with Crippen molar-refractivity contribution in [1.82, 2.24) is 0 Å². The highest BCUT2D eigenvalue weighted by molar-refractivity contribution is 7.92. The number of halogens is 1.